The van der Waals surface area contributed by atoms with E-state index in [0.29, 0.717) is 5.02 Å². The highest BCUT2D eigenvalue weighted by Gasteiger charge is 2.21. The summed E-state index contributed by atoms with van der Waals surface area (Å²) < 4.78 is 0. The summed E-state index contributed by atoms with van der Waals surface area (Å²) in [6, 6.07) is 13.2. The Kier molecular flexibility index (Phi) is 7.39. The predicted octanol–water partition coefficient (Wildman–Crippen LogP) is 2.72. The molecular weight excluding hydrogens is 362 g/mol. The number of halogens is 1. The predicted molar refractivity (Wildman–Crippen MR) is 109 cm³/mol. The van der Waals surface area contributed by atoms with Crippen molar-refractivity contribution in [2.75, 3.05) is 11.9 Å². The molecule has 0 aliphatic heterocycles. The van der Waals surface area contributed by atoms with Crippen LogP contribution in [0.15, 0.2) is 42.5 Å². The highest BCUT2D eigenvalue weighted by molar-refractivity contribution is 6.30. The van der Waals surface area contributed by atoms with E-state index in [-0.39, 0.29) is 30.4 Å². The number of amides is 2. The van der Waals surface area contributed by atoms with Crippen LogP contribution in [0.2, 0.25) is 5.02 Å². The van der Waals surface area contributed by atoms with Crippen molar-refractivity contribution in [3.05, 3.63) is 64.2 Å². The number of nitrogens with one attached hydrogen (secondary N) is 2. The van der Waals surface area contributed by atoms with E-state index in [2.05, 4.69) is 10.6 Å². The van der Waals surface area contributed by atoms with Crippen molar-refractivity contribution in [2.24, 2.45) is 0 Å². The lowest BCUT2D eigenvalue weighted by atomic mass is 10.1. The van der Waals surface area contributed by atoms with Crippen molar-refractivity contribution in [2.45, 2.75) is 39.8 Å². The van der Waals surface area contributed by atoms with Crippen LogP contribution in [-0.4, -0.2) is 24.4 Å². The highest BCUT2D eigenvalue weighted by Crippen LogP contribution is 2.19. The van der Waals surface area contributed by atoms with Crippen LogP contribution in [0.25, 0.3) is 0 Å². The smallest absolute Gasteiger partial charge is 0.278 e. The lowest BCUT2D eigenvalue weighted by molar-refractivity contribution is -0.710. The zero-order valence-corrected chi connectivity index (χ0v) is 16.9. The summed E-state index contributed by atoms with van der Waals surface area (Å²) >= 11 is 5.91. The van der Waals surface area contributed by atoms with Gasteiger partial charge in [-0.05, 0) is 51.0 Å². The molecule has 0 fully saturated rings. The molecule has 0 heterocycles. The Labute approximate surface area is 165 Å². The van der Waals surface area contributed by atoms with Gasteiger partial charge in [0, 0.05) is 16.3 Å². The fraction of sp³-hybridized carbons (Fsp3) is 0.333. The first-order valence-corrected chi connectivity index (χ1v) is 9.40. The highest BCUT2D eigenvalue weighted by atomic mass is 35.5. The largest absolute Gasteiger partial charge is 0.342 e. The first-order chi connectivity index (χ1) is 12.8. The molecule has 0 spiro atoms. The number of anilines is 1. The topological polar surface area (TPSA) is 74.8 Å². The monoisotopic (exact) mass is 388 g/mol. The minimum atomic E-state index is -0.316. The van der Waals surface area contributed by atoms with Gasteiger partial charge in [0.25, 0.3) is 5.91 Å². The summed E-state index contributed by atoms with van der Waals surface area (Å²) in [6.45, 7) is 7.68. The zero-order valence-electron chi connectivity index (χ0n) is 16.2. The van der Waals surface area contributed by atoms with Gasteiger partial charge in [-0.15, -0.1) is 0 Å². The molecule has 0 aliphatic carbocycles. The van der Waals surface area contributed by atoms with E-state index in [1.54, 1.807) is 0 Å². The molecule has 2 aromatic rings. The molecule has 2 amide bonds. The summed E-state index contributed by atoms with van der Waals surface area (Å²) in [5, 5.41) is 8.22. The summed E-state index contributed by atoms with van der Waals surface area (Å²) in [6.07, 6.45) is 0. The molecule has 2 atom stereocenters. The van der Waals surface area contributed by atoms with Crippen LogP contribution in [0.3, 0.4) is 0 Å². The van der Waals surface area contributed by atoms with Crippen molar-refractivity contribution >= 4 is 29.1 Å². The molecule has 6 heteroatoms. The van der Waals surface area contributed by atoms with E-state index in [0.717, 1.165) is 22.4 Å². The quantitative estimate of drug-likeness (QED) is 0.682. The third-order valence-electron chi connectivity index (χ3n) is 4.56. The van der Waals surface area contributed by atoms with Crippen LogP contribution in [0.4, 0.5) is 5.69 Å². The van der Waals surface area contributed by atoms with Gasteiger partial charge >= 0.3 is 0 Å². The van der Waals surface area contributed by atoms with Crippen molar-refractivity contribution in [1.82, 2.24) is 5.32 Å². The molecule has 0 aliphatic rings. The lowest BCUT2D eigenvalue weighted by Gasteiger charge is -2.17. The molecule has 27 heavy (non-hydrogen) atoms. The van der Waals surface area contributed by atoms with E-state index in [4.69, 9.17) is 11.6 Å². The van der Waals surface area contributed by atoms with Crippen LogP contribution in [-0.2, 0) is 9.59 Å². The van der Waals surface area contributed by atoms with Gasteiger partial charge in [-0.25, -0.2) is 0 Å². The number of quaternary nitrogens is 1. The summed E-state index contributed by atoms with van der Waals surface area (Å²) in [4.78, 5) is 24.5. The second-order valence-corrected chi connectivity index (χ2v) is 7.29. The van der Waals surface area contributed by atoms with Crippen LogP contribution < -0.4 is 16.0 Å². The van der Waals surface area contributed by atoms with Gasteiger partial charge < -0.3 is 16.0 Å². The van der Waals surface area contributed by atoms with Crippen molar-refractivity contribution < 1.29 is 14.9 Å². The molecule has 4 N–H and O–H groups in total. The maximum atomic E-state index is 12.3. The number of benzene rings is 2. The lowest BCUT2D eigenvalue weighted by Crippen LogP contribution is -2.92. The molecule has 0 saturated carbocycles. The van der Waals surface area contributed by atoms with E-state index < -0.39 is 0 Å². The number of rotatable bonds is 7. The Morgan fingerprint density at radius 3 is 2.22 bits per heavy atom. The third-order valence-corrected chi connectivity index (χ3v) is 4.81. The number of aryl methyl sites for hydroxylation is 2. The Balaban J connectivity index is 1.83. The van der Waals surface area contributed by atoms with E-state index in [9.17, 15) is 9.59 Å². The molecule has 2 aromatic carbocycles. The number of hydrogen-bond acceptors (Lipinski definition) is 2. The van der Waals surface area contributed by atoms with E-state index >= 15 is 0 Å². The van der Waals surface area contributed by atoms with Gasteiger partial charge in [-0.2, -0.15) is 0 Å². The van der Waals surface area contributed by atoms with E-state index in [1.165, 1.54) is 0 Å². The fourth-order valence-electron chi connectivity index (χ4n) is 2.92. The number of carbonyl (C=O) groups excluding carboxylic acids is 2. The fourth-order valence-corrected chi connectivity index (χ4v) is 3.05. The van der Waals surface area contributed by atoms with Gasteiger partial charge in [0.1, 0.15) is 6.04 Å². The maximum absolute atomic E-state index is 12.3. The van der Waals surface area contributed by atoms with E-state index in [1.807, 2.05) is 75.5 Å². The summed E-state index contributed by atoms with van der Waals surface area (Å²) in [5.74, 6) is -0.411. The molecular formula is C21H27ClN3O2+. The Morgan fingerprint density at radius 2 is 1.63 bits per heavy atom. The van der Waals surface area contributed by atoms with Crippen LogP contribution in [0, 0.1) is 13.8 Å². The van der Waals surface area contributed by atoms with Crippen LogP contribution in [0.1, 0.15) is 36.6 Å². The normalized spacial score (nSPS) is 12.9. The second-order valence-electron chi connectivity index (χ2n) is 6.85. The second kappa shape index (κ2) is 9.53. The van der Waals surface area contributed by atoms with Gasteiger partial charge in [-0.1, -0.05) is 41.9 Å². The zero-order chi connectivity index (χ0) is 20.0. The van der Waals surface area contributed by atoms with Crippen LogP contribution >= 0.6 is 11.6 Å². The average molecular weight is 389 g/mol. The summed E-state index contributed by atoms with van der Waals surface area (Å²) in [7, 11) is 0. The molecule has 144 valence electrons. The van der Waals surface area contributed by atoms with Gasteiger partial charge in [0.2, 0.25) is 5.91 Å². The Morgan fingerprint density at radius 1 is 1.04 bits per heavy atom. The molecule has 5 nitrogen and oxygen atoms in total. The average Bonchev–Trinajstić information content (AvgIpc) is 2.63. The molecule has 0 bridgehead atoms. The maximum Gasteiger partial charge on any atom is 0.278 e. The third kappa shape index (κ3) is 6.08. The van der Waals surface area contributed by atoms with Gasteiger partial charge in [0.15, 0.2) is 6.04 Å². The summed E-state index contributed by atoms with van der Waals surface area (Å²) in [5.41, 5.74) is 3.88. The first kappa shape index (κ1) is 20.9. The molecule has 0 saturated heterocycles. The molecule has 0 aromatic heterocycles. The Bertz CT molecular complexity index is 785. The molecule has 2 rings (SSSR count). The Hall–Kier alpha value is -2.37. The van der Waals surface area contributed by atoms with Crippen molar-refractivity contribution in [3.63, 3.8) is 0 Å². The SMILES string of the molecule is Cc1cccc(C)c1NC(=O)CNC(=O)[C@H](C)[NH2+][C@@H](C)c1ccc(Cl)cc1. The molecule has 0 unspecified atom stereocenters. The minimum absolute atomic E-state index is 0.0554. The number of carbonyl (C=O) groups is 2. The van der Waals surface area contributed by atoms with Crippen molar-refractivity contribution in [1.29, 1.82) is 0 Å². The van der Waals surface area contributed by atoms with Crippen molar-refractivity contribution in [3.8, 4) is 0 Å². The molecule has 0 radical (unpaired) electrons. The standard InChI is InChI=1S/C21H26ClN3O2/c1-13-6-5-7-14(2)20(13)25-19(26)12-23-21(27)16(4)24-15(3)17-8-10-18(22)11-9-17/h5-11,15-16,24H,12H2,1-4H3,(H,23,27)(H,25,26)/p+1/t15-,16-/m0/s1. The first-order valence-electron chi connectivity index (χ1n) is 9.02. The van der Waals surface area contributed by atoms with Gasteiger partial charge in [-0.3, -0.25) is 9.59 Å². The number of para-hydroxylation sites is 1. The number of hydrogen-bond donors (Lipinski definition) is 3. The van der Waals surface area contributed by atoms with Gasteiger partial charge in [0.05, 0.1) is 6.54 Å². The number of nitrogens with two attached hydrogens (primary N) is 1. The minimum Gasteiger partial charge on any atom is -0.342 e. The van der Waals surface area contributed by atoms with Crippen LogP contribution in [0.5, 0.6) is 0 Å².